The summed E-state index contributed by atoms with van der Waals surface area (Å²) in [4.78, 5) is 13.0. The Kier molecular flexibility index (Phi) is 7.41. The number of aryl methyl sites for hydroxylation is 1. The molecule has 0 spiro atoms. The average Bonchev–Trinajstić information content (AvgIpc) is 3.17. The second-order valence-corrected chi connectivity index (χ2v) is 9.73. The third kappa shape index (κ3) is 5.64. The van der Waals surface area contributed by atoms with Crippen LogP contribution in [-0.2, 0) is 23.1 Å². The fourth-order valence-corrected chi connectivity index (χ4v) is 5.05. The number of fused-ring (bicyclic) bond motifs is 1. The molecular formula is C23H34N4OS. The van der Waals surface area contributed by atoms with Crippen LogP contribution in [0, 0.1) is 0 Å². The molecule has 2 aromatic rings. The monoisotopic (exact) mass is 414 g/mol. The van der Waals surface area contributed by atoms with E-state index in [1.165, 1.54) is 22.5 Å². The van der Waals surface area contributed by atoms with E-state index in [1.54, 1.807) is 0 Å². The van der Waals surface area contributed by atoms with Gasteiger partial charge in [-0.25, -0.2) is 0 Å². The maximum atomic E-state index is 13.0. The molecule has 1 aromatic heterocycles. The van der Waals surface area contributed by atoms with Crippen LogP contribution in [0.3, 0.4) is 0 Å². The number of rotatable bonds is 9. The van der Waals surface area contributed by atoms with Crippen LogP contribution in [0.4, 0.5) is 5.13 Å². The van der Waals surface area contributed by atoms with Crippen molar-refractivity contribution >= 4 is 22.4 Å². The molecular weight excluding hydrogens is 380 g/mol. The van der Waals surface area contributed by atoms with Crippen molar-refractivity contribution in [1.29, 1.82) is 0 Å². The normalized spacial score (nSPS) is 17.6. The van der Waals surface area contributed by atoms with Crippen molar-refractivity contribution in [3.63, 3.8) is 0 Å². The van der Waals surface area contributed by atoms with E-state index in [0.717, 1.165) is 50.0 Å². The zero-order chi connectivity index (χ0) is 20.9. The largest absolute Gasteiger partial charge is 0.303 e. The predicted octanol–water partition coefficient (Wildman–Crippen LogP) is 4.87. The van der Waals surface area contributed by atoms with Crippen molar-refractivity contribution < 1.29 is 4.79 Å². The minimum Gasteiger partial charge on any atom is -0.303 e. The van der Waals surface area contributed by atoms with Gasteiger partial charge in [-0.15, -0.1) is 10.2 Å². The van der Waals surface area contributed by atoms with Crippen LogP contribution in [0.2, 0.25) is 0 Å². The lowest BCUT2D eigenvalue weighted by molar-refractivity contribution is -0.118. The smallest absolute Gasteiger partial charge is 0.243 e. The standard InChI is InChI=1S/C23H34N4OS/c1-5-9-19(24-18-13-12-16-10-7-8-11-17(16)15-18)20(28)25-22-27-26-21(29-22)23(3,4)14-6-2/h7-8,10-11,18-19,24H,5-6,9,12-15H2,1-4H3,(H,25,27,28)/t18?,19-/m0/s1. The summed E-state index contributed by atoms with van der Waals surface area (Å²) in [6.07, 6.45) is 7.05. The molecule has 1 aliphatic carbocycles. The number of benzene rings is 1. The molecule has 0 saturated heterocycles. The average molecular weight is 415 g/mol. The fourth-order valence-electron chi connectivity index (χ4n) is 4.18. The van der Waals surface area contributed by atoms with Gasteiger partial charge < -0.3 is 5.32 Å². The minimum atomic E-state index is -0.203. The molecule has 6 heteroatoms. The third-order valence-corrected chi connectivity index (χ3v) is 6.99. The van der Waals surface area contributed by atoms with E-state index in [2.05, 4.69) is 72.8 Å². The van der Waals surface area contributed by atoms with Crippen LogP contribution in [0.15, 0.2) is 24.3 Å². The van der Waals surface area contributed by atoms with Crippen LogP contribution in [0.1, 0.15) is 75.9 Å². The number of amides is 1. The summed E-state index contributed by atoms with van der Waals surface area (Å²) in [5.41, 5.74) is 2.84. The molecule has 1 heterocycles. The SMILES string of the molecule is CCC[C@H](NC1CCc2ccccc2C1)C(=O)Nc1nnc(C(C)(C)CCC)s1. The van der Waals surface area contributed by atoms with Gasteiger partial charge in [-0.2, -0.15) is 0 Å². The number of nitrogens with one attached hydrogen (secondary N) is 2. The number of hydrogen-bond donors (Lipinski definition) is 2. The molecule has 1 aromatic carbocycles. The first kappa shape index (κ1) is 21.9. The molecule has 1 unspecified atom stereocenters. The number of anilines is 1. The van der Waals surface area contributed by atoms with Crippen molar-refractivity contribution in [3.05, 3.63) is 40.4 Å². The zero-order valence-electron chi connectivity index (χ0n) is 18.1. The Hall–Kier alpha value is -1.79. The number of aromatic nitrogens is 2. The summed E-state index contributed by atoms with van der Waals surface area (Å²) in [5.74, 6) is 0.00158. The van der Waals surface area contributed by atoms with E-state index >= 15 is 0 Å². The Morgan fingerprint density at radius 3 is 2.69 bits per heavy atom. The molecule has 0 saturated carbocycles. The summed E-state index contributed by atoms with van der Waals surface area (Å²) >= 11 is 1.50. The van der Waals surface area contributed by atoms with Crippen LogP contribution in [0.5, 0.6) is 0 Å². The summed E-state index contributed by atoms with van der Waals surface area (Å²) in [6.45, 7) is 8.67. The third-order valence-electron chi connectivity index (χ3n) is 5.79. The van der Waals surface area contributed by atoms with E-state index < -0.39 is 0 Å². The van der Waals surface area contributed by atoms with Gasteiger partial charge in [0.15, 0.2) is 0 Å². The first-order valence-corrected chi connectivity index (χ1v) is 11.7. The van der Waals surface area contributed by atoms with E-state index in [1.807, 2.05) is 0 Å². The molecule has 1 amide bonds. The van der Waals surface area contributed by atoms with Gasteiger partial charge in [0.2, 0.25) is 11.0 Å². The highest BCUT2D eigenvalue weighted by Crippen LogP contribution is 2.32. The Labute approximate surface area is 178 Å². The lowest BCUT2D eigenvalue weighted by atomic mass is 9.88. The van der Waals surface area contributed by atoms with Crippen molar-refractivity contribution in [2.75, 3.05) is 5.32 Å². The van der Waals surface area contributed by atoms with Gasteiger partial charge in [0, 0.05) is 11.5 Å². The molecule has 0 aliphatic heterocycles. The maximum absolute atomic E-state index is 13.0. The first-order chi connectivity index (χ1) is 13.9. The molecule has 5 nitrogen and oxygen atoms in total. The fraction of sp³-hybridized carbons (Fsp3) is 0.609. The van der Waals surface area contributed by atoms with Crippen LogP contribution in [0.25, 0.3) is 0 Å². The van der Waals surface area contributed by atoms with Gasteiger partial charge in [-0.1, -0.05) is 76.1 Å². The lowest BCUT2D eigenvalue weighted by Gasteiger charge is -2.29. The molecule has 158 valence electrons. The van der Waals surface area contributed by atoms with Gasteiger partial charge in [-0.3, -0.25) is 10.1 Å². The Morgan fingerprint density at radius 2 is 1.97 bits per heavy atom. The predicted molar refractivity (Wildman–Crippen MR) is 121 cm³/mol. The van der Waals surface area contributed by atoms with Gasteiger partial charge in [-0.05, 0) is 43.2 Å². The van der Waals surface area contributed by atoms with Crippen LogP contribution in [-0.4, -0.2) is 28.2 Å². The lowest BCUT2D eigenvalue weighted by Crippen LogP contribution is -2.47. The first-order valence-electron chi connectivity index (χ1n) is 10.9. The van der Waals surface area contributed by atoms with Crippen molar-refractivity contribution in [3.8, 4) is 0 Å². The molecule has 0 fully saturated rings. The van der Waals surface area contributed by atoms with Gasteiger partial charge in [0.1, 0.15) is 5.01 Å². The second-order valence-electron chi connectivity index (χ2n) is 8.75. The summed E-state index contributed by atoms with van der Waals surface area (Å²) in [6, 6.07) is 8.77. The van der Waals surface area contributed by atoms with Crippen molar-refractivity contribution in [2.24, 2.45) is 0 Å². The summed E-state index contributed by atoms with van der Waals surface area (Å²) in [7, 11) is 0. The summed E-state index contributed by atoms with van der Waals surface area (Å²) < 4.78 is 0. The molecule has 0 bridgehead atoms. The molecule has 2 N–H and O–H groups in total. The van der Waals surface area contributed by atoms with E-state index in [-0.39, 0.29) is 17.4 Å². The number of nitrogens with zero attached hydrogens (tertiary/aromatic N) is 2. The quantitative estimate of drug-likeness (QED) is 0.614. The highest BCUT2D eigenvalue weighted by Gasteiger charge is 2.27. The Bertz CT molecular complexity index is 817. The van der Waals surface area contributed by atoms with E-state index in [0.29, 0.717) is 11.2 Å². The maximum Gasteiger partial charge on any atom is 0.243 e. The molecule has 3 rings (SSSR count). The molecule has 29 heavy (non-hydrogen) atoms. The topological polar surface area (TPSA) is 66.9 Å². The van der Waals surface area contributed by atoms with Gasteiger partial charge in [0.25, 0.3) is 0 Å². The molecule has 0 radical (unpaired) electrons. The van der Waals surface area contributed by atoms with Crippen molar-refractivity contribution in [2.45, 2.75) is 90.1 Å². The highest BCUT2D eigenvalue weighted by atomic mass is 32.1. The van der Waals surface area contributed by atoms with E-state index in [9.17, 15) is 4.79 Å². The van der Waals surface area contributed by atoms with Gasteiger partial charge in [0.05, 0.1) is 6.04 Å². The molecule has 1 aliphatic rings. The van der Waals surface area contributed by atoms with E-state index in [4.69, 9.17) is 0 Å². The van der Waals surface area contributed by atoms with Crippen molar-refractivity contribution in [1.82, 2.24) is 15.5 Å². The summed E-state index contributed by atoms with van der Waals surface area (Å²) in [5, 5.41) is 16.8. The number of carbonyl (C=O) groups excluding carboxylic acids is 1. The van der Waals surface area contributed by atoms with Gasteiger partial charge >= 0.3 is 0 Å². The Morgan fingerprint density at radius 1 is 1.21 bits per heavy atom. The molecule has 2 atom stereocenters. The number of hydrogen-bond acceptors (Lipinski definition) is 5. The minimum absolute atomic E-state index is 0.00158. The van der Waals surface area contributed by atoms with Crippen LogP contribution < -0.4 is 10.6 Å². The zero-order valence-corrected chi connectivity index (χ0v) is 18.9. The Balaban J connectivity index is 1.62. The highest BCUT2D eigenvalue weighted by molar-refractivity contribution is 7.15. The number of carbonyl (C=O) groups is 1. The second kappa shape index (κ2) is 9.81. The van der Waals surface area contributed by atoms with Crippen LogP contribution >= 0.6 is 11.3 Å².